The number of ether oxygens (including phenoxy) is 4. The lowest BCUT2D eigenvalue weighted by Gasteiger charge is -2.16. The number of hydrogen-bond acceptors (Lipinski definition) is 8. The largest absolute Gasteiger partial charge is 0.466 e. The van der Waals surface area contributed by atoms with Crippen LogP contribution in [0.15, 0.2) is 0 Å². The van der Waals surface area contributed by atoms with E-state index in [0.29, 0.717) is 45.3 Å². The second-order valence-electron chi connectivity index (χ2n) is 16.2. The minimum atomic E-state index is -0.258. The van der Waals surface area contributed by atoms with Crippen LogP contribution in [0.2, 0.25) is 0 Å². The molecule has 55 heavy (non-hydrogen) atoms. The van der Waals surface area contributed by atoms with E-state index < -0.39 is 0 Å². The van der Waals surface area contributed by atoms with Gasteiger partial charge in [-0.1, -0.05) is 175 Å². The first-order chi connectivity index (χ1) is 26.8. The zero-order chi connectivity index (χ0) is 40.5. The predicted molar refractivity (Wildman–Crippen MR) is 226 cm³/mol. The number of unbranched alkanes of at least 4 members (excludes halogenated alkanes) is 23. The van der Waals surface area contributed by atoms with E-state index in [1.807, 2.05) is 6.92 Å². The van der Waals surface area contributed by atoms with Crippen LogP contribution in [0.25, 0.3) is 0 Å². The van der Waals surface area contributed by atoms with Gasteiger partial charge in [0.1, 0.15) is 0 Å². The lowest BCUT2D eigenvalue weighted by Crippen LogP contribution is -2.19. The normalized spacial score (nSPS) is 11.8. The highest BCUT2D eigenvalue weighted by Gasteiger charge is 2.19. The number of hydrogen-bond donors (Lipinski definition) is 0. The molecule has 0 aliphatic heterocycles. The van der Waals surface area contributed by atoms with E-state index in [0.717, 1.165) is 77.0 Å². The summed E-state index contributed by atoms with van der Waals surface area (Å²) in [5.41, 5.74) is 0. The summed E-state index contributed by atoms with van der Waals surface area (Å²) in [5, 5.41) is 0. The predicted octanol–water partition coefficient (Wildman–Crippen LogP) is 13.3. The van der Waals surface area contributed by atoms with Gasteiger partial charge >= 0.3 is 23.9 Å². The Kier molecular flexibility index (Phi) is 39.9. The first kappa shape index (κ1) is 52.9. The van der Waals surface area contributed by atoms with Crippen molar-refractivity contribution in [3.63, 3.8) is 0 Å². The Labute approximate surface area is 339 Å². The van der Waals surface area contributed by atoms with E-state index in [1.54, 1.807) is 0 Å². The smallest absolute Gasteiger partial charge is 0.308 e. The summed E-state index contributed by atoms with van der Waals surface area (Å²) < 4.78 is 21.8. The van der Waals surface area contributed by atoms with Crippen molar-refractivity contribution in [2.75, 3.05) is 26.4 Å². The topological polar surface area (TPSA) is 105 Å². The van der Waals surface area contributed by atoms with E-state index >= 15 is 0 Å². The first-order valence-electron chi connectivity index (χ1n) is 23.5. The Morgan fingerprint density at radius 3 is 1.09 bits per heavy atom. The summed E-state index contributed by atoms with van der Waals surface area (Å²) >= 11 is 0. The van der Waals surface area contributed by atoms with Gasteiger partial charge in [0, 0.05) is 25.2 Å². The molecule has 0 bridgehead atoms. The third-order valence-corrected chi connectivity index (χ3v) is 10.5. The quantitative estimate of drug-likeness (QED) is 0.0342. The second-order valence-corrected chi connectivity index (χ2v) is 16.2. The molecule has 0 spiro atoms. The van der Waals surface area contributed by atoms with Crippen LogP contribution in [-0.2, 0) is 38.1 Å². The molecule has 8 heteroatoms. The molecule has 0 aromatic rings. The van der Waals surface area contributed by atoms with Crippen molar-refractivity contribution < 1.29 is 38.1 Å². The van der Waals surface area contributed by atoms with Crippen molar-refractivity contribution in [2.24, 2.45) is 11.8 Å². The van der Waals surface area contributed by atoms with Gasteiger partial charge in [0.25, 0.3) is 0 Å². The molecule has 0 saturated carbocycles. The molecule has 0 rings (SSSR count). The Hall–Kier alpha value is -2.12. The molecule has 324 valence electrons. The first-order valence-corrected chi connectivity index (χ1v) is 23.5. The third kappa shape index (κ3) is 38.5. The molecule has 1 atom stereocenters. The van der Waals surface area contributed by atoms with Crippen molar-refractivity contribution in [1.29, 1.82) is 0 Å². The average molecular weight is 781 g/mol. The summed E-state index contributed by atoms with van der Waals surface area (Å²) in [7, 11) is 0. The van der Waals surface area contributed by atoms with E-state index in [1.165, 1.54) is 103 Å². The van der Waals surface area contributed by atoms with Gasteiger partial charge in [-0.05, 0) is 44.9 Å². The molecular formula is C47H88O8. The maximum atomic E-state index is 12.9. The Bertz CT molecular complexity index is 874. The monoisotopic (exact) mass is 781 g/mol. The summed E-state index contributed by atoms with van der Waals surface area (Å²) in [6.45, 7) is 10.1. The lowest BCUT2D eigenvalue weighted by atomic mass is 9.94. The van der Waals surface area contributed by atoms with Gasteiger partial charge < -0.3 is 18.9 Å². The highest BCUT2D eigenvalue weighted by atomic mass is 16.5. The Morgan fingerprint density at radius 2 is 0.673 bits per heavy atom. The second kappa shape index (κ2) is 41.5. The molecule has 0 amide bonds. The molecule has 0 aromatic carbocycles. The van der Waals surface area contributed by atoms with Gasteiger partial charge in [-0.15, -0.1) is 0 Å². The van der Waals surface area contributed by atoms with E-state index in [4.69, 9.17) is 18.9 Å². The van der Waals surface area contributed by atoms with Crippen LogP contribution in [-0.4, -0.2) is 50.3 Å². The SMILES string of the molecule is CCCCCCCCCCOC(=O)CCCCCC(=O)OCC(C)COC(=O)CCCCCCCOC(=O)C(CCCCCCCC)CCCCCCCC. The van der Waals surface area contributed by atoms with Gasteiger partial charge in [0.2, 0.25) is 0 Å². The maximum Gasteiger partial charge on any atom is 0.308 e. The number of carbonyl (C=O) groups excluding carboxylic acids is 4. The van der Waals surface area contributed by atoms with Crippen molar-refractivity contribution in [3.8, 4) is 0 Å². The van der Waals surface area contributed by atoms with E-state index in [-0.39, 0.29) is 48.9 Å². The molecule has 0 aliphatic carbocycles. The molecule has 0 aromatic heterocycles. The summed E-state index contributed by atoms with van der Waals surface area (Å²) in [4.78, 5) is 49.2. The van der Waals surface area contributed by atoms with Crippen LogP contribution in [0.1, 0.15) is 240 Å². The molecular weight excluding hydrogens is 693 g/mol. The molecule has 8 nitrogen and oxygen atoms in total. The fourth-order valence-electron chi connectivity index (χ4n) is 6.79. The summed E-state index contributed by atoms with van der Waals surface area (Å²) in [6, 6.07) is 0. The van der Waals surface area contributed by atoms with Gasteiger partial charge in [-0.2, -0.15) is 0 Å². The van der Waals surface area contributed by atoms with Crippen LogP contribution in [0, 0.1) is 11.8 Å². The highest BCUT2D eigenvalue weighted by Crippen LogP contribution is 2.21. The van der Waals surface area contributed by atoms with E-state index in [9.17, 15) is 19.2 Å². The zero-order valence-corrected chi connectivity index (χ0v) is 36.6. The number of esters is 4. The van der Waals surface area contributed by atoms with Gasteiger partial charge in [-0.3, -0.25) is 19.2 Å². The fraction of sp³-hybridized carbons (Fsp3) is 0.915. The number of carbonyl (C=O) groups is 4. The molecule has 0 N–H and O–H groups in total. The summed E-state index contributed by atoms with van der Waals surface area (Å²) in [6.07, 6.45) is 34.4. The molecule has 1 unspecified atom stereocenters. The Balaban J connectivity index is 3.85. The molecule has 0 heterocycles. The lowest BCUT2D eigenvalue weighted by molar-refractivity contribution is -0.150. The Morgan fingerprint density at radius 1 is 0.364 bits per heavy atom. The fourth-order valence-corrected chi connectivity index (χ4v) is 6.79. The van der Waals surface area contributed by atoms with Crippen LogP contribution in [0.3, 0.4) is 0 Å². The van der Waals surface area contributed by atoms with Crippen LogP contribution >= 0.6 is 0 Å². The van der Waals surface area contributed by atoms with Gasteiger partial charge in [0.15, 0.2) is 0 Å². The van der Waals surface area contributed by atoms with Gasteiger partial charge in [0.05, 0.1) is 32.3 Å². The van der Waals surface area contributed by atoms with Crippen molar-refractivity contribution in [2.45, 2.75) is 240 Å². The van der Waals surface area contributed by atoms with E-state index in [2.05, 4.69) is 20.8 Å². The van der Waals surface area contributed by atoms with Crippen LogP contribution < -0.4 is 0 Å². The third-order valence-electron chi connectivity index (χ3n) is 10.5. The maximum absolute atomic E-state index is 12.9. The van der Waals surface area contributed by atoms with Crippen molar-refractivity contribution in [3.05, 3.63) is 0 Å². The molecule has 0 radical (unpaired) electrons. The van der Waals surface area contributed by atoms with Crippen LogP contribution in [0.4, 0.5) is 0 Å². The van der Waals surface area contributed by atoms with Gasteiger partial charge in [-0.25, -0.2) is 0 Å². The average Bonchev–Trinajstić information content (AvgIpc) is 3.18. The minimum Gasteiger partial charge on any atom is -0.466 e. The molecule has 0 fully saturated rings. The highest BCUT2D eigenvalue weighted by molar-refractivity contribution is 5.72. The number of rotatable bonds is 42. The molecule has 0 aliphatic rings. The van der Waals surface area contributed by atoms with Crippen molar-refractivity contribution >= 4 is 23.9 Å². The van der Waals surface area contributed by atoms with Crippen LogP contribution in [0.5, 0.6) is 0 Å². The molecule has 0 saturated heterocycles. The van der Waals surface area contributed by atoms with Crippen molar-refractivity contribution in [1.82, 2.24) is 0 Å². The standard InChI is InChI=1S/C47H88O8/c1-5-8-11-14-17-18-23-31-38-52-44(48)35-29-25-30-37-46(50)55-41-42(4)40-54-45(49)36-28-22-19-24-32-39-53-47(51)43(33-26-20-15-12-9-6-2)34-27-21-16-13-10-7-3/h42-43H,5-41H2,1-4H3. The zero-order valence-electron chi connectivity index (χ0n) is 36.6. The summed E-state index contributed by atoms with van der Waals surface area (Å²) in [5.74, 6) is -0.640. The minimum absolute atomic E-state index is 0.00346.